The van der Waals surface area contributed by atoms with E-state index in [1.165, 1.54) is 0 Å². The number of nitrogens with one attached hydrogen (secondary N) is 1. The molecule has 7 heteroatoms. The maximum Gasteiger partial charge on any atom is 0.252 e. The molecular weight excluding hydrogens is 390 g/mol. The summed E-state index contributed by atoms with van der Waals surface area (Å²) in [5.41, 5.74) is 2.72. The summed E-state index contributed by atoms with van der Waals surface area (Å²) >= 11 is 0. The monoisotopic (exact) mass is 415 g/mol. The van der Waals surface area contributed by atoms with Gasteiger partial charge in [0.05, 0.1) is 11.7 Å². The Morgan fingerprint density at radius 1 is 1.03 bits per heavy atom. The maximum atomic E-state index is 13.1. The third kappa shape index (κ3) is 4.27. The summed E-state index contributed by atoms with van der Waals surface area (Å²) in [6.07, 6.45) is 6.70. The summed E-state index contributed by atoms with van der Waals surface area (Å²) in [4.78, 5) is 28.8. The fourth-order valence-corrected chi connectivity index (χ4v) is 4.28. The van der Waals surface area contributed by atoms with E-state index in [2.05, 4.69) is 10.3 Å². The van der Waals surface area contributed by atoms with Crippen molar-refractivity contribution in [1.82, 2.24) is 19.9 Å². The molecule has 3 aromatic rings. The van der Waals surface area contributed by atoms with Gasteiger partial charge in [-0.1, -0.05) is 18.2 Å². The lowest BCUT2D eigenvalue weighted by Crippen LogP contribution is -2.39. The molecule has 2 atom stereocenters. The summed E-state index contributed by atoms with van der Waals surface area (Å²) in [6.45, 7) is 1.38. The predicted molar refractivity (Wildman–Crippen MR) is 118 cm³/mol. The van der Waals surface area contributed by atoms with Gasteiger partial charge in [0.15, 0.2) is 5.82 Å². The smallest absolute Gasteiger partial charge is 0.252 e. The Kier molecular flexibility index (Phi) is 5.58. The van der Waals surface area contributed by atoms with Gasteiger partial charge in [0, 0.05) is 42.9 Å². The molecule has 2 aliphatic rings. The molecule has 0 saturated carbocycles. The van der Waals surface area contributed by atoms with Gasteiger partial charge in [-0.05, 0) is 49.9 Å². The van der Waals surface area contributed by atoms with E-state index in [1.807, 2.05) is 53.4 Å². The number of carbonyl (C=O) groups is 1. The Labute approximate surface area is 181 Å². The normalized spacial score (nSPS) is 20.7. The second-order valence-electron chi connectivity index (χ2n) is 7.91. The number of rotatable bonds is 5. The van der Waals surface area contributed by atoms with E-state index in [9.17, 15) is 4.79 Å². The molecule has 158 valence electrons. The van der Waals surface area contributed by atoms with Crippen LogP contribution in [0.3, 0.4) is 0 Å². The van der Waals surface area contributed by atoms with Gasteiger partial charge < -0.3 is 15.0 Å². The molecule has 0 bridgehead atoms. The molecule has 1 amide bonds. The first-order chi connectivity index (χ1) is 15.3. The molecule has 2 fully saturated rings. The number of para-hydroxylation sites is 1. The number of amides is 1. The molecule has 1 N–H and O–H groups in total. The van der Waals surface area contributed by atoms with E-state index in [0.717, 1.165) is 42.6 Å². The van der Waals surface area contributed by atoms with Gasteiger partial charge in [0.25, 0.3) is 5.91 Å². The number of benzene rings is 1. The minimum atomic E-state index is -0.328. The Morgan fingerprint density at radius 2 is 1.87 bits per heavy atom. The van der Waals surface area contributed by atoms with Gasteiger partial charge in [0.2, 0.25) is 0 Å². The molecule has 1 aromatic carbocycles. The summed E-state index contributed by atoms with van der Waals surface area (Å²) in [5, 5.41) is 3.38. The Hall–Kier alpha value is -3.32. The third-order valence-electron chi connectivity index (χ3n) is 5.80. The highest BCUT2D eigenvalue weighted by atomic mass is 16.5. The van der Waals surface area contributed by atoms with Gasteiger partial charge in [-0.3, -0.25) is 9.78 Å². The highest BCUT2D eigenvalue weighted by Crippen LogP contribution is 2.34. The van der Waals surface area contributed by atoms with E-state index >= 15 is 0 Å². The van der Waals surface area contributed by atoms with Crippen molar-refractivity contribution in [3.8, 4) is 11.3 Å². The number of carbonyl (C=O) groups excluding carboxylic acids is 1. The number of hydrogen-bond acceptors (Lipinski definition) is 6. The van der Waals surface area contributed by atoms with Crippen LogP contribution in [0.1, 0.15) is 37.5 Å². The Bertz CT molecular complexity index is 1040. The minimum Gasteiger partial charge on any atom is -0.368 e. The van der Waals surface area contributed by atoms with Gasteiger partial charge in [-0.2, -0.15) is 0 Å². The summed E-state index contributed by atoms with van der Waals surface area (Å²) in [6, 6.07) is 15.6. The Morgan fingerprint density at radius 3 is 2.65 bits per heavy atom. The van der Waals surface area contributed by atoms with Gasteiger partial charge >= 0.3 is 0 Å². The topological polar surface area (TPSA) is 80.2 Å². The highest BCUT2D eigenvalue weighted by molar-refractivity contribution is 5.82. The van der Waals surface area contributed by atoms with Crippen LogP contribution < -0.4 is 5.32 Å². The van der Waals surface area contributed by atoms with Gasteiger partial charge in [-0.15, -0.1) is 0 Å². The lowest BCUT2D eigenvalue weighted by atomic mass is 10.1. The quantitative estimate of drug-likeness (QED) is 0.675. The molecule has 0 spiro atoms. The van der Waals surface area contributed by atoms with Crippen LogP contribution in [0.4, 0.5) is 11.5 Å². The fraction of sp³-hybridized carbons (Fsp3) is 0.333. The molecule has 4 heterocycles. The van der Waals surface area contributed by atoms with E-state index in [4.69, 9.17) is 14.7 Å². The van der Waals surface area contributed by atoms with Crippen molar-refractivity contribution in [2.45, 2.75) is 37.8 Å². The number of pyridine rings is 1. The highest BCUT2D eigenvalue weighted by Gasteiger charge is 2.37. The zero-order valence-electron chi connectivity index (χ0n) is 17.3. The first-order valence-corrected chi connectivity index (χ1v) is 10.8. The summed E-state index contributed by atoms with van der Waals surface area (Å²) < 4.78 is 5.66. The van der Waals surface area contributed by atoms with Crippen LogP contribution in [0.25, 0.3) is 11.3 Å². The number of anilines is 2. The number of nitrogens with zero attached hydrogens (tertiary/aromatic N) is 4. The number of likely N-dealkylation sites (tertiary alicyclic amines) is 1. The largest absolute Gasteiger partial charge is 0.368 e. The van der Waals surface area contributed by atoms with Crippen LogP contribution >= 0.6 is 0 Å². The molecule has 0 radical (unpaired) electrons. The van der Waals surface area contributed by atoms with Crippen LogP contribution in [-0.4, -0.2) is 45.0 Å². The number of aromatic nitrogens is 3. The van der Waals surface area contributed by atoms with Crippen molar-refractivity contribution in [2.24, 2.45) is 0 Å². The van der Waals surface area contributed by atoms with Crippen molar-refractivity contribution >= 4 is 17.4 Å². The minimum absolute atomic E-state index is 0.0653. The fourth-order valence-electron chi connectivity index (χ4n) is 4.28. The average molecular weight is 415 g/mol. The predicted octanol–water partition coefficient (Wildman–Crippen LogP) is 4.12. The van der Waals surface area contributed by atoms with Crippen molar-refractivity contribution in [1.29, 1.82) is 0 Å². The van der Waals surface area contributed by atoms with Crippen LogP contribution in [0.5, 0.6) is 0 Å². The van der Waals surface area contributed by atoms with Gasteiger partial charge in [0.1, 0.15) is 11.9 Å². The van der Waals surface area contributed by atoms with Crippen molar-refractivity contribution in [3.05, 3.63) is 66.7 Å². The lowest BCUT2D eigenvalue weighted by molar-refractivity contribution is -0.142. The molecule has 31 heavy (non-hydrogen) atoms. The van der Waals surface area contributed by atoms with Crippen molar-refractivity contribution in [3.63, 3.8) is 0 Å². The van der Waals surface area contributed by atoms with Crippen molar-refractivity contribution < 1.29 is 9.53 Å². The summed E-state index contributed by atoms with van der Waals surface area (Å²) in [7, 11) is 0. The van der Waals surface area contributed by atoms with Crippen LogP contribution in [0.15, 0.2) is 60.9 Å². The second-order valence-corrected chi connectivity index (χ2v) is 7.91. The van der Waals surface area contributed by atoms with E-state index < -0.39 is 0 Å². The summed E-state index contributed by atoms with van der Waals surface area (Å²) in [5.74, 6) is 1.44. The second kappa shape index (κ2) is 8.81. The standard InChI is InChI=1S/C24H25N5O2/c30-24(21-9-5-15-31-21)29-14-4-8-20(29)23-27-19(17-10-12-25-13-11-17)16-22(28-23)26-18-6-2-1-3-7-18/h1-3,6-7,10-13,16,20-21H,4-5,8-9,14-15H2,(H,26,27,28)/t20-,21-/m1/s1. The number of hydrogen-bond donors (Lipinski definition) is 1. The van der Waals surface area contributed by atoms with Gasteiger partial charge in [-0.25, -0.2) is 9.97 Å². The lowest BCUT2D eigenvalue weighted by Gasteiger charge is -2.26. The SMILES string of the molecule is O=C([C@H]1CCCO1)N1CCC[C@@H]1c1nc(Nc2ccccc2)cc(-c2ccncc2)n1. The molecule has 2 saturated heterocycles. The molecular formula is C24H25N5O2. The van der Waals surface area contributed by atoms with E-state index in [0.29, 0.717) is 24.8 Å². The van der Waals surface area contributed by atoms with E-state index in [1.54, 1.807) is 12.4 Å². The van der Waals surface area contributed by atoms with Crippen LogP contribution in [-0.2, 0) is 9.53 Å². The molecule has 2 aromatic heterocycles. The molecule has 7 nitrogen and oxygen atoms in total. The van der Waals surface area contributed by atoms with Crippen LogP contribution in [0, 0.1) is 0 Å². The molecule has 2 aliphatic heterocycles. The zero-order valence-corrected chi connectivity index (χ0v) is 17.3. The maximum absolute atomic E-state index is 13.1. The first kappa shape index (κ1) is 19.6. The average Bonchev–Trinajstić information content (AvgIpc) is 3.52. The molecule has 0 aliphatic carbocycles. The van der Waals surface area contributed by atoms with Crippen LogP contribution in [0.2, 0.25) is 0 Å². The molecule has 0 unspecified atom stereocenters. The Balaban J connectivity index is 1.50. The zero-order chi connectivity index (χ0) is 21.0. The van der Waals surface area contributed by atoms with E-state index in [-0.39, 0.29) is 18.1 Å². The first-order valence-electron chi connectivity index (χ1n) is 10.8. The molecule has 5 rings (SSSR count). The third-order valence-corrected chi connectivity index (χ3v) is 5.80. The number of ether oxygens (including phenoxy) is 1. The van der Waals surface area contributed by atoms with Crippen molar-refractivity contribution in [2.75, 3.05) is 18.5 Å².